The minimum absolute atomic E-state index is 0.0898. The van der Waals surface area contributed by atoms with Gasteiger partial charge in [-0.1, -0.05) is 18.2 Å². The first kappa shape index (κ1) is 17.0. The summed E-state index contributed by atoms with van der Waals surface area (Å²) in [5.41, 5.74) is 0.467. The SMILES string of the molecule is COC1CCC2(CC1)NC(=O)C(c1nc(-c3ccccc3)oc1C)C2=O. The van der Waals surface area contributed by atoms with Crippen LogP contribution >= 0.6 is 0 Å². The van der Waals surface area contributed by atoms with E-state index >= 15 is 0 Å². The van der Waals surface area contributed by atoms with Crippen molar-refractivity contribution in [3.63, 3.8) is 0 Å². The smallest absolute Gasteiger partial charge is 0.237 e. The molecule has 2 heterocycles. The Morgan fingerprint density at radius 3 is 2.54 bits per heavy atom. The molecular formula is C20H22N2O4. The van der Waals surface area contributed by atoms with E-state index in [1.807, 2.05) is 30.3 Å². The molecule has 1 amide bonds. The fraction of sp³-hybridized carbons (Fsp3) is 0.450. The summed E-state index contributed by atoms with van der Waals surface area (Å²) < 4.78 is 11.1. The lowest BCUT2D eigenvalue weighted by Crippen LogP contribution is -2.50. The molecule has 1 N–H and O–H groups in total. The highest BCUT2D eigenvalue weighted by molar-refractivity contribution is 6.17. The highest BCUT2D eigenvalue weighted by Gasteiger charge is 2.55. The molecule has 0 radical (unpaired) electrons. The molecule has 1 aliphatic carbocycles. The highest BCUT2D eigenvalue weighted by atomic mass is 16.5. The van der Waals surface area contributed by atoms with Gasteiger partial charge in [0.05, 0.1) is 11.6 Å². The first-order chi connectivity index (χ1) is 12.5. The molecule has 1 atom stereocenters. The number of benzene rings is 1. The first-order valence-corrected chi connectivity index (χ1v) is 8.96. The number of rotatable bonds is 3. The molecule has 1 saturated carbocycles. The van der Waals surface area contributed by atoms with Crippen LogP contribution in [0.4, 0.5) is 0 Å². The third-order valence-electron chi connectivity index (χ3n) is 5.60. The number of hydrogen-bond acceptors (Lipinski definition) is 5. The van der Waals surface area contributed by atoms with Gasteiger partial charge in [0.1, 0.15) is 17.4 Å². The van der Waals surface area contributed by atoms with E-state index in [4.69, 9.17) is 9.15 Å². The van der Waals surface area contributed by atoms with Crippen LogP contribution in [0.1, 0.15) is 43.1 Å². The van der Waals surface area contributed by atoms with Crippen LogP contribution in [0.5, 0.6) is 0 Å². The number of nitrogens with zero attached hydrogens (tertiary/aromatic N) is 1. The minimum Gasteiger partial charge on any atom is -0.441 e. The largest absolute Gasteiger partial charge is 0.441 e. The van der Waals surface area contributed by atoms with Crippen molar-refractivity contribution in [2.75, 3.05) is 7.11 Å². The predicted molar refractivity (Wildman–Crippen MR) is 94.6 cm³/mol. The van der Waals surface area contributed by atoms with Crippen LogP contribution in [0.25, 0.3) is 11.5 Å². The molecule has 2 fully saturated rings. The molecule has 1 saturated heterocycles. The van der Waals surface area contributed by atoms with Crippen LogP contribution in [-0.2, 0) is 14.3 Å². The van der Waals surface area contributed by atoms with E-state index < -0.39 is 11.5 Å². The fourth-order valence-electron chi connectivity index (χ4n) is 4.08. The molecule has 6 heteroatoms. The Labute approximate surface area is 151 Å². The number of methoxy groups -OCH3 is 1. The molecule has 4 rings (SSSR count). The zero-order chi connectivity index (χ0) is 18.3. The molecule has 2 aliphatic rings. The van der Waals surface area contributed by atoms with Crippen molar-refractivity contribution in [1.82, 2.24) is 10.3 Å². The maximum atomic E-state index is 13.2. The number of aromatic nitrogens is 1. The second kappa shape index (κ2) is 6.36. The molecule has 1 unspecified atom stereocenters. The molecule has 2 aromatic rings. The number of amides is 1. The van der Waals surface area contributed by atoms with Crippen LogP contribution < -0.4 is 5.32 Å². The summed E-state index contributed by atoms with van der Waals surface area (Å²) in [6.07, 6.45) is 2.90. The lowest BCUT2D eigenvalue weighted by molar-refractivity contribution is -0.126. The van der Waals surface area contributed by atoms with Gasteiger partial charge < -0.3 is 14.5 Å². The Balaban J connectivity index is 1.64. The molecule has 6 nitrogen and oxygen atoms in total. The second-order valence-corrected chi connectivity index (χ2v) is 7.13. The Kier molecular flexibility index (Phi) is 4.15. The zero-order valence-corrected chi connectivity index (χ0v) is 15.0. The molecule has 26 heavy (non-hydrogen) atoms. The van der Waals surface area contributed by atoms with Crippen molar-refractivity contribution in [2.45, 2.75) is 50.2 Å². The lowest BCUT2D eigenvalue weighted by Gasteiger charge is -2.35. The van der Waals surface area contributed by atoms with Gasteiger partial charge in [-0.15, -0.1) is 0 Å². The van der Waals surface area contributed by atoms with E-state index in [0.717, 1.165) is 18.4 Å². The summed E-state index contributed by atoms with van der Waals surface area (Å²) in [5.74, 6) is -0.312. The van der Waals surface area contributed by atoms with Crippen LogP contribution in [0.2, 0.25) is 0 Å². The normalized spacial score (nSPS) is 28.5. The van der Waals surface area contributed by atoms with Crippen LogP contribution in [-0.4, -0.2) is 35.4 Å². The van der Waals surface area contributed by atoms with Crippen LogP contribution in [0.15, 0.2) is 34.7 Å². The van der Waals surface area contributed by atoms with Gasteiger partial charge in [0.15, 0.2) is 5.78 Å². The maximum Gasteiger partial charge on any atom is 0.237 e. The lowest BCUT2D eigenvalue weighted by atomic mass is 9.76. The van der Waals surface area contributed by atoms with Gasteiger partial charge in [0.25, 0.3) is 0 Å². The summed E-state index contributed by atoms with van der Waals surface area (Å²) in [5, 5.41) is 2.96. The summed E-state index contributed by atoms with van der Waals surface area (Å²) >= 11 is 0. The number of ketones is 1. The van der Waals surface area contributed by atoms with Gasteiger partial charge in [-0.05, 0) is 44.7 Å². The number of ether oxygens (including phenoxy) is 1. The molecule has 1 aliphatic heterocycles. The van der Waals surface area contributed by atoms with Crippen molar-refractivity contribution in [3.05, 3.63) is 41.8 Å². The van der Waals surface area contributed by atoms with Crippen molar-refractivity contribution in [1.29, 1.82) is 0 Å². The third-order valence-corrected chi connectivity index (χ3v) is 5.60. The van der Waals surface area contributed by atoms with E-state index in [1.165, 1.54) is 0 Å². The van der Waals surface area contributed by atoms with Gasteiger partial charge in [-0.2, -0.15) is 0 Å². The fourth-order valence-corrected chi connectivity index (χ4v) is 4.08. The number of carbonyl (C=O) groups excluding carboxylic acids is 2. The molecule has 1 aromatic heterocycles. The Bertz CT molecular complexity index is 835. The number of oxazole rings is 1. The monoisotopic (exact) mass is 354 g/mol. The Morgan fingerprint density at radius 1 is 1.19 bits per heavy atom. The Hall–Kier alpha value is -2.47. The minimum atomic E-state index is -0.893. The van der Waals surface area contributed by atoms with Gasteiger partial charge in [0.2, 0.25) is 11.8 Å². The molecule has 136 valence electrons. The standard InChI is InChI=1S/C20H22N2O4/c1-12-16(21-19(26-12)13-6-4-3-5-7-13)15-17(23)20(22-18(15)24)10-8-14(25-2)9-11-20/h3-7,14-15H,8-11H2,1-2H3,(H,22,24). The predicted octanol–water partition coefficient (Wildman–Crippen LogP) is 2.76. The van der Waals surface area contributed by atoms with Gasteiger partial charge in [-0.25, -0.2) is 4.98 Å². The van der Waals surface area contributed by atoms with E-state index in [-0.39, 0.29) is 17.8 Å². The summed E-state index contributed by atoms with van der Waals surface area (Å²) in [6.45, 7) is 1.75. The second-order valence-electron chi connectivity index (χ2n) is 7.13. The van der Waals surface area contributed by atoms with E-state index in [1.54, 1.807) is 14.0 Å². The number of hydrogen-bond donors (Lipinski definition) is 1. The number of aryl methyl sites for hydroxylation is 1. The van der Waals surface area contributed by atoms with E-state index in [0.29, 0.717) is 30.2 Å². The zero-order valence-electron chi connectivity index (χ0n) is 15.0. The van der Waals surface area contributed by atoms with Crippen molar-refractivity contribution >= 4 is 11.7 Å². The van der Waals surface area contributed by atoms with E-state index in [2.05, 4.69) is 10.3 Å². The topological polar surface area (TPSA) is 81.4 Å². The van der Waals surface area contributed by atoms with Crippen LogP contribution in [0.3, 0.4) is 0 Å². The average Bonchev–Trinajstić information content (AvgIpc) is 3.14. The summed E-state index contributed by atoms with van der Waals surface area (Å²) in [7, 11) is 1.68. The van der Waals surface area contributed by atoms with Crippen molar-refractivity contribution < 1.29 is 18.7 Å². The first-order valence-electron chi connectivity index (χ1n) is 8.96. The maximum absolute atomic E-state index is 13.2. The Morgan fingerprint density at radius 2 is 1.88 bits per heavy atom. The summed E-state index contributed by atoms with van der Waals surface area (Å²) in [6, 6.07) is 9.48. The van der Waals surface area contributed by atoms with Gasteiger partial charge in [-0.3, -0.25) is 9.59 Å². The van der Waals surface area contributed by atoms with Crippen molar-refractivity contribution in [2.24, 2.45) is 0 Å². The molecule has 0 bridgehead atoms. The van der Waals surface area contributed by atoms with Gasteiger partial charge in [0, 0.05) is 12.7 Å². The average molecular weight is 354 g/mol. The van der Waals surface area contributed by atoms with Gasteiger partial charge >= 0.3 is 0 Å². The van der Waals surface area contributed by atoms with Crippen LogP contribution in [0, 0.1) is 6.92 Å². The number of Topliss-reactive ketones (excluding diaryl/α,β-unsaturated/α-hetero) is 1. The highest BCUT2D eigenvalue weighted by Crippen LogP contribution is 2.40. The summed E-state index contributed by atoms with van der Waals surface area (Å²) in [4.78, 5) is 30.3. The third kappa shape index (κ3) is 2.65. The van der Waals surface area contributed by atoms with E-state index in [9.17, 15) is 9.59 Å². The molecular weight excluding hydrogens is 332 g/mol. The quantitative estimate of drug-likeness (QED) is 0.857. The molecule has 1 spiro atoms. The molecule has 1 aromatic carbocycles. The number of nitrogens with one attached hydrogen (secondary N) is 1. The number of carbonyl (C=O) groups is 2. The van der Waals surface area contributed by atoms with Crippen molar-refractivity contribution in [3.8, 4) is 11.5 Å².